The number of methoxy groups -OCH3 is 1. The Bertz CT molecular complexity index is 467. The van der Waals surface area contributed by atoms with Crippen LogP contribution in [0.25, 0.3) is 11.3 Å². The number of nitrogen functional groups attached to an aromatic ring is 1. The summed E-state index contributed by atoms with van der Waals surface area (Å²) in [5, 5.41) is 0.478. The first-order valence-electron chi connectivity index (χ1n) is 4.27. The van der Waals surface area contributed by atoms with Crippen molar-refractivity contribution >= 4 is 28.1 Å². The number of hydrogen-bond acceptors (Lipinski definition) is 4. The Balaban J connectivity index is 2.41. The smallest absolute Gasteiger partial charge is 0.182 e. The summed E-state index contributed by atoms with van der Waals surface area (Å²) in [6, 6.07) is 7.53. The van der Waals surface area contributed by atoms with E-state index in [1.54, 1.807) is 7.11 Å². The second-order valence-electron chi connectivity index (χ2n) is 2.90. The molecule has 2 N–H and O–H groups in total. The SMILES string of the molecule is COc1ccc(-c2nc(N)sc2Cl)cc1. The van der Waals surface area contributed by atoms with E-state index in [1.165, 1.54) is 11.3 Å². The highest BCUT2D eigenvalue weighted by Crippen LogP contribution is 2.34. The van der Waals surface area contributed by atoms with Crippen molar-refractivity contribution in [3.8, 4) is 17.0 Å². The average Bonchev–Trinajstić information content (AvgIpc) is 2.58. The maximum absolute atomic E-state index is 6.00. The zero-order chi connectivity index (χ0) is 10.8. The molecule has 1 heterocycles. The number of rotatable bonds is 2. The molecule has 0 saturated carbocycles. The monoisotopic (exact) mass is 240 g/mol. The Kier molecular flexibility index (Phi) is 2.79. The van der Waals surface area contributed by atoms with Crippen LogP contribution in [0, 0.1) is 0 Å². The molecule has 1 aromatic heterocycles. The lowest BCUT2D eigenvalue weighted by Gasteiger charge is -2.00. The number of aromatic nitrogens is 1. The summed E-state index contributed by atoms with van der Waals surface area (Å²) in [6.07, 6.45) is 0. The molecule has 0 aliphatic carbocycles. The molecular formula is C10H9ClN2OS. The van der Waals surface area contributed by atoms with Crippen LogP contribution in [0.5, 0.6) is 5.75 Å². The number of nitrogens with two attached hydrogens (primary N) is 1. The predicted octanol–water partition coefficient (Wildman–Crippen LogP) is 3.05. The lowest BCUT2D eigenvalue weighted by molar-refractivity contribution is 0.415. The third kappa shape index (κ3) is 2.06. The summed E-state index contributed by atoms with van der Waals surface area (Å²) in [5.41, 5.74) is 7.23. The van der Waals surface area contributed by atoms with Gasteiger partial charge in [-0.15, -0.1) is 0 Å². The fourth-order valence-electron chi connectivity index (χ4n) is 1.24. The van der Waals surface area contributed by atoms with Crippen molar-refractivity contribution in [1.29, 1.82) is 0 Å². The average molecular weight is 241 g/mol. The standard InChI is InChI=1S/C10H9ClN2OS/c1-14-7-4-2-6(3-5-7)8-9(11)15-10(12)13-8/h2-5H,1H3,(H2,12,13). The molecule has 78 valence electrons. The summed E-state index contributed by atoms with van der Waals surface area (Å²) < 4.78 is 5.67. The second kappa shape index (κ2) is 4.08. The van der Waals surface area contributed by atoms with E-state index in [4.69, 9.17) is 22.1 Å². The molecular weight excluding hydrogens is 232 g/mol. The van der Waals surface area contributed by atoms with Gasteiger partial charge in [-0.25, -0.2) is 4.98 Å². The number of hydrogen-bond donors (Lipinski definition) is 1. The Morgan fingerprint density at radius 1 is 1.33 bits per heavy atom. The van der Waals surface area contributed by atoms with Gasteiger partial charge in [0.05, 0.1) is 7.11 Å². The molecule has 0 fully saturated rings. The lowest BCUT2D eigenvalue weighted by Crippen LogP contribution is -1.84. The van der Waals surface area contributed by atoms with Crippen LogP contribution in [0.3, 0.4) is 0 Å². The van der Waals surface area contributed by atoms with Gasteiger partial charge in [-0.1, -0.05) is 22.9 Å². The summed E-state index contributed by atoms with van der Waals surface area (Å²) in [7, 11) is 1.63. The zero-order valence-corrected chi connectivity index (χ0v) is 9.60. The van der Waals surface area contributed by atoms with Gasteiger partial charge in [-0.2, -0.15) is 0 Å². The Hall–Kier alpha value is -1.26. The van der Waals surface area contributed by atoms with E-state index in [0.29, 0.717) is 9.47 Å². The van der Waals surface area contributed by atoms with Gasteiger partial charge in [0.1, 0.15) is 15.8 Å². The third-order valence-corrected chi connectivity index (χ3v) is 3.05. The molecule has 0 aliphatic rings. The molecule has 0 bridgehead atoms. The van der Waals surface area contributed by atoms with Gasteiger partial charge >= 0.3 is 0 Å². The molecule has 0 aliphatic heterocycles. The van der Waals surface area contributed by atoms with Crippen LogP contribution in [0.2, 0.25) is 4.34 Å². The summed E-state index contributed by atoms with van der Waals surface area (Å²) in [4.78, 5) is 4.16. The van der Waals surface area contributed by atoms with Crippen LogP contribution in [0.15, 0.2) is 24.3 Å². The maximum atomic E-state index is 6.00. The highest BCUT2D eigenvalue weighted by molar-refractivity contribution is 7.19. The van der Waals surface area contributed by atoms with Crippen LogP contribution in [-0.2, 0) is 0 Å². The van der Waals surface area contributed by atoms with Crippen LogP contribution in [0.1, 0.15) is 0 Å². The Morgan fingerprint density at radius 2 is 2.00 bits per heavy atom. The molecule has 15 heavy (non-hydrogen) atoms. The number of nitrogens with zero attached hydrogens (tertiary/aromatic N) is 1. The molecule has 0 saturated heterocycles. The first-order chi connectivity index (χ1) is 7.20. The van der Waals surface area contributed by atoms with Crippen molar-refractivity contribution in [3.63, 3.8) is 0 Å². The highest BCUT2D eigenvalue weighted by Gasteiger charge is 2.09. The van der Waals surface area contributed by atoms with E-state index in [2.05, 4.69) is 4.98 Å². The summed E-state index contributed by atoms with van der Waals surface area (Å²) in [6.45, 7) is 0. The van der Waals surface area contributed by atoms with Crippen molar-refractivity contribution in [2.24, 2.45) is 0 Å². The van der Waals surface area contributed by atoms with E-state index >= 15 is 0 Å². The van der Waals surface area contributed by atoms with Gasteiger partial charge < -0.3 is 10.5 Å². The normalized spacial score (nSPS) is 10.3. The van der Waals surface area contributed by atoms with E-state index in [-0.39, 0.29) is 0 Å². The molecule has 0 atom stereocenters. The molecule has 2 aromatic rings. The van der Waals surface area contributed by atoms with Crippen LogP contribution in [-0.4, -0.2) is 12.1 Å². The van der Waals surface area contributed by atoms with Gasteiger partial charge in [-0.05, 0) is 24.3 Å². The minimum absolute atomic E-state index is 0.478. The number of thiazole rings is 1. The van der Waals surface area contributed by atoms with Crippen molar-refractivity contribution in [1.82, 2.24) is 4.98 Å². The molecule has 1 aromatic carbocycles. The quantitative estimate of drug-likeness (QED) is 0.878. The number of anilines is 1. The van der Waals surface area contributed by atoms with Crippen LogP contribution < -0.4 is 10.5 Å². The van der Waals surface area contributed by atoms with Gasteiger partial charge in [0.25, 0.3) is 0 Å². The second-order valence-corrected chi connectivity index (χ2v) is 4.54. The van der Waals surface area contributed by atoms with Crippen molar-refractivity contribution in [2.45, 2.75) is 0 Å². The molecule has 3 nitrogen and oxygen atoms in total. The summed E-state index contributed by atoms with van der Waals surface area (Å²) in [5.74, 6) is 0.804. The number of halogens is 1. The maximum Gasteiger partial charge on any atom is 0.182 e. The van der Waals surface area contributed by atoms with E-state index in [1.807, 2.05) is 24.3 Å². The predicted molar refractivity (Wildman–Crippen MR) is 63.5 cm³/mol. The van der Waals surface area contributed by atoms with Gasteiger partial charge in [0.2, 0.25) is 0 Å². The minimum Gasteiger partial charge on any atom is -0.497 e. The number of benzene rings is 1. The van der Waals surface area contributed by atoms with E-state index in [0.717, 1.165) is 17.0 Å². The zero-order valence-electron chi connectivity index (χ0n) is 8.03. The third-order valence-electron chi connectivity index (χ3n) is 1.97. The van der Waals surface area contributed by atoms with Gasteiger partial charge in [0, 0.05) is 5.56 Å². The van der Waals surface area contributed by atoms with Gasteiger partial charge in [-0.3, -0.25) is 0 Å². The Labute approximate surface area is 96.5 Å². The first kappa shape index (κ1) is 10.3. The van der Waals surface area contributed by atoms with Gasteiger partial charge in [0.15, 0.2) is 5.13 Å². The van der Waals surface area contributed by atoms with E-state index in [9.17, 15) is 0 Å². The highest BCUT2D eigenvalue weighted by atomic mass is 35.5. The van der Waals surface area contributed by atoms with Crippen molar-refractivity contribution in [2.75, 3.05) is 12.8 Å². The molecule has 5 heteroatoms. The molecule has 0 amide bonds. The molecule has 0 radical (unpaired) electrons. The lowest BCUT2D eigenvalue weighted by atomic mass is 10.2. The topological polar surface area (TPSA) is 48.1 Å². The van der Waals surface area contributed by atoms with Crippen LogP contribution in [0.4, 0.5) is 5.13 Å². The number of ether oxygens (including phenoxy) is 1. The van der Waals surface area contributed by atoms with Crippen molar-refractivity contribution in [3.05, 3.63) is 28.6 Å². The van der Waals surface area contributed by atoms with E-state index < -0.39 is 0 Å². The molecule has 0 unspecified atom stereocenters. The summed E-state index contributed by atoms with van der Waals surface area (Å²) >= 11 is 7.27. The molecule has 2 rings (SSSR count). The minimum atomic E-state index is 0.478. The van der Waals surface area contributed by atoms with Crippen LogP contribution >= 0.6 is 22.9 Å². The fraction of sp³-hybridized carbons (Fsp3) is 0.100. The fourth-order valence-corrected chi connectivity index (χ4v) is 2.21. The van der Waals surface area contributed by atoms with Crippen molar-refractivity contribution < 1.29 is 4.74 Å². The largest absolute Gasteiger partial charge is 0.497 e. The first-order valence-corrected chi connectivity index (χ1v) is 5.46. The Morgan fingerprint density at radius 3 is 2.47 bits per heavy atom. The molecule has 0 spiro atoms.